The molecule has 4 heterocycles. The minimum absolute atomic E-state index is 0.0299. The Morgan fingerprint density at radius 1 is 1.19 bits per heavy atom. The monoisotopic (exact) mass is 297 g/mol. The summed E-state index contributed by atoms with van der Waals surface area (Å²) in [6, 6.07) is 0. The van der Waals surface area contributed by atoms with Crippen LogP contribution in [0.4, 0.5) is 0 Å². The van der Waals surface area contributed by atoms with Crippen LogP contribution in [0.1, 0.15) is 46.5 Å². The maximum Gasteiger partial charge on any atom is 0.251 e. The molecular formula is C15H23NO5. The smallest absolute Gasteiger partial charge is 0.251 e. The number of amides is 1. The molecule has 0 aromatic rings. The fraction of sp³-hybridized carbons (Fsp3) is 0.933. The standard InChI is InChI=1S/C15H23NO5/c1-8-4-5-11-9(2)12(17)16(18)13-15(11)10(8)6-7-14(3,19-13)20-21-15/h8-11,13,18H,4-7H2,1-3H3/t8-,9-,10+,11+,13-,14?,15-/m1/s1. The Hall–Kier alpha value is -0.690. The Balaban J connectivity index is 1.87. The van der Waals surface area contributed by atoms with Gasteiger partial charge in [-0.15, -0.1) is 0 Å². The fourth-order valence-electron chi connectivity index (χ4n) is 5.03. The number of carbonyl (C=O) groups excluding carboxylic acids is 1. The van der Waals surface area contributed by atoms with Gasteiger partial charge in [0.1, 0.15) is 0 Å². The molecule has 6 heteroatoms. The predicted octanol–water partition coefficient (Wildman–Crippen LogP) is 2.07. The van der Waals surface area contributed by atoms with Gasteiger partial charge in [0.2, 0.25) is 5.79 Å². The van der Waals surface area contributed by atoms with Crippen molar-refractivity contribution in [2.24, 2.45) is 23.7 Å². The summed E-state index contributed by atoms with van der Waals surface area (Å²) in [6.07, 6.45) is 2.86. The highest BCUT2D eigenvalue weighted by molar-refractivity contribution is 5.79. The lowest BCUT2D eigenvalue weighted by Gasteiger charge is -2.60. The minimum atomic E-state index is -0.890. The Bertz CT molecular complexity index is 485. The molecule has 2 bridgehead atoms. The summed E-state index contributed by atoms with van der Waals surface area (Å²) in [7, 11) is 0. The van der Waals surface area contributed by atoms with E-state index in [4.69, 9.17) is 14.5 Å². The average Bonchev–Trinajstić information content (AvgIpc) is 2.69. The van der Waals surface area contributed by atoms with Gasteiger partial charge in [-0.25, -0.2) is 9.78 Å². The van der Waals surface area contributed by atoms with Crippen molar-refractivity contribution in [3.8, 4) is 0 Å². The molecule has 5 aliphatic rings. The van der Waals surface area contributed by atoms with Gasteiger partial charge < -0.3 is 4.74 Å². The zero-order valence-electron chi connectivity index (χ0n) is 12.7. The predicted molar refractivity (Wildman–Crippen MR) is 70.6 cm³/mol. The summed E-state index contributed by atoms with van der Waals surface area (Å²) in [6.45, 7) is 5.91. The van der Waals surface area contributed by atoms with Gasteiger partial charge in [0.25, 0.3) is 5.91 Å². The molecule has 0 radical (unpaired) electrons. The van der Waals surface area contributed by atoms with Gasteiger partial charge in [0.15, 0.2) is 11.8 Å². The molecular weight excluding hydrogens is 274 g/mol. The Labute approximate surface area is 124 Å². The molecule has 4 saturated heterocycles. The van der Waals surface area contributed by atoms with E-state index in [1.807, 2.05) is 13.8 Å². The van der Waals surface area contributed by atoms with Crippen LogP contribution >= 0.6 is 0 Å². The van der Waals surface area contributed by atoms with Crippen LogP contribution in [0, 0.1) is 23.7 Å². The van der Waals surface area contributed by atoms with Crippen molar-refractivity contribution in [2.75, 3.05) is 0 Å². The van der Waals surface area contributed by atoms with Crippen molar-refractivity contribution in [3.63, 3.8) is 0 Å². The second-order valence-corrected chi connectivity index (χ2v) is 7.40. The highest BCUT2D eigenvalue weighted by atomic mass is 17.3. The quantitative estimate of drug-likeness (QED) is 0.547. The Morgan fingerprint density at radius 2 is 1.95 bits per heavy atom. The van der Waals surface area contributed by atoms with Crippen LogP contribution in [-0.2, 0) is 19.3 Å². The second-order valence-electron chi connectivity index (χ2n) is 7.40. The van der Waals surface area contributed by atoms with Crippen molar-refractivity contribution < 1.29 is 24.5 Å². The first-order valence-electron chi connectivity index (χ1n) is 7.96. The zero-order chi connectivity index (χ0) is 15.0. The van der Waals surface area contributed by atoms with Crippen molar-refractivity contribution in [2.45, 2.75) is 64.1 Å². The number of ether oxygens (including phenoxy) is 1. The van der Waals surface area contributed by atoms with E-state index < -0.39 is 17.6 Å². The molecule has 1 saturated carbocycles. The van der Waals surface area contributed by atoms with Crippen LogP contribution in [0.25, 0.3) is 0 Å². The molecule has 5 rings (SSSR count). The molecule has 1 aliphatic carbocycles. The number of rotatable bonds is 0. The van der Waals surface area contributed by atoms with Gasteiger partial charge in [0, 0.05) is 18.3 Å². The molecule has 21 heavy (non-hydrogen) atoms. The molecule has 1 N–H and O–H groups in total. The molecule has 0 aromatic heterocycles. The topological polar surface area (TPSA) is 68.2 Å². The highest BCUT2D eigenvalue weighted by Crippen LogP contribution is 2.59. The van der Waals surface area contributed by atoms with Gasteiger partial charge in [-0.1, -0.05) is 13.8 Å². The number of carbonyl (C=O) groups is 1. The van der Waals surface area contributed by atoms with E-state index in [2.05, 4.69) is 6.92 Å². The van der Waals surface area contributed by atoms with Crippen molar-refractivity contribution in [1.29, 1.82) is 0 Å². The van der Waals surface area contributed by atoms with E-state index in [0.717, 1.165) is 24.3 Å². The number of hydrogen-bond donors (Lipinski definition) is 1. The lowest BCUT2D eigenvalue weighted by molar-refractivity contribution is -0.558. The summed E-state index contributed by atoms with van der Waals surface area (Å²) >= 11 is 0. The second kappa shape index (κ2) is 4.19. The van der Waals surface area contributed by atoms with Crippen LogP contribution in [0.15, 0.2) is 0 Å². The van der Waals surface area contributed by atoms with Crippen LogP contribution in [-0.4, -0.2) is 33.8 Å². The number of fused-ring (bicyclic) bond motifs is 2. The first-order chi connectivity index (χ1) is 9.89. The lowest BCUT2D eigenvalue weighted by atomic mass is 9.57. The molecule has 1 spiro atoms. The van der Waals surface area contributed by atoms with E-state index >= 15 is 0 Å². The summed E-state index contributed by atoms with van der Waals surface area (Å²) < 4.78 is 6.02. The number of nitrogens with zero attached hydrogens (tertiary/aromatic N) is 1. The Kier molecular flexibility index (Phi) is 2.78. The first-order valence-corrected chi connectivity index (χ1v) is 7.96. The lowest BCUT2D eigenvalue weighted by Crippen LogP contribution is -2.74. The van der Waals surface area contributed by atoms with E-state index in [-0.39, 0.29) is 23.7 Å². The van der Waals surface area contributed by atoms with Crippen LogP contribution in [0.2, 0.25) is 0 Å². The van der Waals surface area contributed by atoms with E-state index in [9.17, 15) is 10.0 Å². The van der Waals surface area contributed by atoms with E-state index in [1.54, 1.807) is 0 Å². The SMILES string of the molecule is C[C@@H]1CC[C@H]2[C@@H](C)C(=O)N(O)[C@@H]3OC4(C)CC[C@@H]1[C@@]23OO4. The fourth-order valence-corrected chi connectivity index (χ4v) is 5.03. The van der Waals surface area contributed by atoms with Crippen LogP contribution in [0.3, 0.4) is 0 Å². The largest absolute Gasteiger partial charge is 0.318 e. The maximum absolute atomic E-state index is 12.4. The van der Waals surface area contributed by atoms with Crippen molar-refractivity contribution in [1.82, 2.24) is 5.06 Å². The zero-order valence-corrected chi connectivity index (χ0v) is 12.7. The van der Waals surface area contributed by atoms with E-state index in [0.29, 0.717) is 12.3 Å². The first kappa shape index (κ1) is 13.9. The molecule has 6 nitrogen and oxygen atoms in total. The summed E-state index contributed by atoms with van der Waals surface area (Å²) in [4.78, 5) is 23.9. The third-order valence-electron chi connectivity index (χ3n) is 6.24. The normalized spacial score (nSPS) is 56.1. The summed E-state index contributed by atoms with van der Waals surface area (Å²) in [5.41, 5.74) is -0.740. The minimum Gasteiger partial charge on any atom is -0.318 e. The average molecular weight is 297 g/mol. The van der Waals surface area contributed by atoms with Gasteiger partial charge in [0.05, 0.1) is 0 Å². The van der Waals surface area contributed by atoms with Crippen molar-refractivity contribution in [3.05, 3.63) is 0 Å². The third kappa shape index (κ3) is 1.59. The summed E-state index contributed by atoms with van der Waals surface area (Å²) in [5, 5.41) is 11.1. The van der Waals surface area contributed by atoms with Gasteiger partial charge in [-0.05, 0) is 38.0 Å². The van der Waals surface area contributed by atoms with Crippen LogP contribution < -0.4 is 0 Å². The molecule has 7 atom stereocenters. The maximum atomic E-state index is 12.4. The van der Waals surface area contributed by atoms with E-state index in [1.165, 1.54) is 0 Å². The molecule has 0 aromatic carbocycles. The number of hydrogen-bond acceptors (Lipinski definition) is 5. The van der Waals surface area contributed by atoms with Crippen molar-refractivity contribution >= 4 is 5.91 Å². The number of hydroxylamine groups is 2. The third-order valence-corrected chi connectivity index (χ3v) is 6.24. The van der Waals surface area contributed by atoms with Gasteiger partial charge in [-0.2, -0.15) is 5.06 Å². The van der Waals surface area contributed by atoms with Crippen LogP contribution in [0.5, 0.6) is 0 Å². The molecule has 4 aliphatic heterocycles. The number of piperidine rings is 1. The highest BCUT2D eigenvalue weighted by Gasteiger charge is 2.70. The molecule has 1 amide bonds. The summed E-state index contributed by atoms with van der Waals surface area (Å²) in [5.74, 6) is -0.720. The van der Waals surface area contributed by atoms with Gasteiger partial charge >= 0.3 is 0 Å². The Morgan fingerprint density at radius 3 is 2.71 bits per heavy atom. The molecule has 5 fully saturated rings. The molecule has 1 unspecified atom stereocenters. The van der Waals surface area contributed by atoms with Gasteiger partial charge in [-0.3, -0.25) is 10.0 Å². The molecule has 118 valence electrons.